The molecule has 1 aromatic rings. The second-order valence-corrected chi connectivity index (χ2v) is 3.34. The summed E-state index contributed by atoms with van der Waals surface area (Å²) < 4.78 is 4.79. The highest BCUT2D eigenvalue weighted by Crippen LogP contribution is 2.04. The third-order valence-corrected chi connectivity index (χ3v) is 2.20. The quantitative estimate of drug-likeness (QED) is 0.712. The molecule has 15 heavy (non-hydrogen) atoms. The second-order valence-electron chi connectivity index (χ2n) is 3.34. The Morgan fingerprint density at radius 3 is 2.67 bits per heavy atom. The number of ether oxygens (including phenoxy) is 1. The van der Waals surface area contributed by atoms with Gasteiger partial charge in [0.2, 0.25) is 0 Å². The van der Waals surface area contributed by atoms with Crippen molar-refractivity contribution in [1.82, 2.24) is 10.2 Å². The molecular formula is C10H16N2O3. The molecule has 0 radical (unpaired) electrons. The number of nitrogens with one attached hydrogen (secondary N) is 2. The number of hydrogen-bond acceptors (Lipinski definition) is 3. The number of hydrogen-bond donors (Lipinski definition) is 2. The van der Waals surface area contributed by atoms with Crippen LogP contribution in [0.5, 0.6) is 0 Å². The number of esters is 1. The Balaban J connectivity index is 2.38. The summed E-state index contributed by atoms with van der Waals surface area (Å²) in [5.74, 6) is -0.206. The molecule has 0 aliphatic carbocycles. The number of aryl methyl sites for hydroxylation is 1. The van der Waals surface area contributed by atoms with Crippen LogP contribution in [0.25, 0.3) is 0 Å². The van der Waals surface area contributed by atoms with Gasteiger partial charge in [0.05, 0.1) is 6.61 Å². The average Bonchev–Trinajstić information content (AvgIpc) is 2.49. The highest BCUT2D eigenvalue weighted by Gasteiger charge is 2.07. The summed E-state index contributed by atoms with van der Waals surface area (Å²) in [7, 11) is 0. The molecule has 0 fully saturated rings. The molecule has 1 rings (SSSR count). The van der Waals surface area contributed by atoms with Crippen LogP contribution >= 0.6 is 0 Å². The van der Waals surface area contributed by atoms with Crippen LogP contribution in [0.15, 0.2) is 4.79 Å². The summed E-state index contributed by atoms with van der Waals surface area (Å²) in [6.45, 7) is 4.01. The summed E-state index contributed by atoms with van der Waals surface area (Å²) in [5.41, 5.74) is 1.46. The number of carbonyl (C=O) groups is 1. The minimum atomic E-state index is -0.206. The van der Waals surface area contributed by atoms with Gasteiger partial charge in [0, 0.05) is 17.7 Å². The van der Waals surface area contributed by atoms with Crippen LogP contribution in [0.2, 0.25) is 0 Å². The van der Waals surface area contributed by atoms with Crippen LogP contribution in [0.3, 0.4) is 0 Å². The largest absolute Gasteiger partial charge is 0.466 e. The normalized spacial score (nSPS) is 10.3. The monoisotopic (exact) mass is 212 g/mol. The van der Waals surface area contributed by atoms with Gasteiger partial charge in [-0.2, -0.15) is 0 Å². The SMILES string of the molecule is CCOC(=O)CCCc1c(C)[nH][nH]c1=O. The number of aromatic amines is 2. The molecule has 0 bridgehead atoms. The topological polar surface area (TPSA) is 75.0 Å². The first-order valence-electron chi connectivity index (χ1n) is 5.07. The first-order chi connectivity index (χ1) is 7.15. The number of aromatic nitrogens is 2. The van der Waals surface area contributed by atoms with Gasteiger partial charge in [-0.15, -0.1) is 0 Å². The van der Waals surface area contributed by atoms with E-state index in [2.05, 4.69) is 10.2 Å². The lowest BCUT2D eigenvalue weighted by Gasteiger charge is -2.00. The van der Waals surface area contributed by atoms with Crippen LogP contribution in [0.1, 0.15) is 31.0 Å². The molecule has 1 heterocycles. The summed E-state index contributed by atoms with van der Waals surface area (Å²) in [6, 6.07) is 0. The number of carbonyl (C=O) groups excluding carboxylic acids is 1. The van der Waals surface area contributed by atoms with Crippen molar-refractivity contribution in [3.63, 3.8) is 0 Å². The lowest BCUT2D eigenvalue weighted by Crippen LogP contribution is -2.08. The third-order valence-electron chi connectivity index (χ3n) is 2.20. The minimum Gasteiger partial charge on any atom is -0.466 e. The molecule has 2 N–H and O–H groups in total. The van der Waals surface area contributed by atoms with Crippen molar-refractivity contribution in [2.75, 3.05) is 6.61 Å². The molecule has 0 aliphatic rings. The van der Waals surface area contributed by atoms with Crippen molar-refractivity contribution in [3.05, 3.63) is 21.6 Å². The van der Waals surface area contributed by atoms with Gasteiger partial charge < -0.3 is 9.84 Å². The van der Waals surface area contributed by atoms with E-state index in [-0.39, 0.29) is 11.5 Å². The molecule has 0 spiro atoms. The van der Waals surface area contributed by atoms with Gasteiger partial charge in [-0.25, -0.2) is 0 Å². The summed E-state index contributed by atoms with van der Waals surface area (Å²) in [4.78, 5) is 22.3. The fourth-order valence-electron chi connectivity index (χ4n) is 1.42. The first kappa shape index (κ1) is 11.6. The highest BCUT2D eigenvalue weighted by atomic mass is 16.5. The van der Waals surface area contributed by atoms with E-state index in [1.807, 2.05) is 6.92 Å². The summed E-state index contributed by atoms with van der Waals surface area (Å²) in [5, 5.41) is 5.25. The molecule has 0 saturated heterocycles. The van der Waals surface area contributed by atoms with E-state index < -0.39 is 0 Å². The molecule has 1 aromatic heterocycles. The molecule has 0 aromatic carbocycles. The van der Waals surface area contributed by atoms with Crippen LogP contribution in [0, 0.1) is 6.92 Å². The zero-order valence-electron chi connectivity index (χ0n) is 9.05. The molecule has 0 unspecified atom stereocenters. The predicted octanol–water partition coefficient (Wildman–Crippen LogP) is 0.897. The molecule has 0 aliphatic heterocycles. The maximum atomic E-state index is 11.2. The number of rotatable bonds is 5. The molecule has 0 amide bonds. The van der Waals surface area contributed by atoms with E-state index in [4.69, 9.17) is 4.74 Å². The maximum absolute atomic E-state index is 11.2. The van der Waals surface area contributed by atoms with Crippen LogP contribution in [0.4, 0.5) is 0 Å². The summed E-state index contributed by atoms with van der Waals surface area (Å²) >= 11 is 0. The Hall–Kier alpha value is -1.52. The Morgan fingerprint density at radius 2 is 2.13 bits per heavy atom. The second kappa shape index (κ2) is 5.38. The van der Waals surface area contributed by atoms with E-state index in [1.165, 1.54) is 0 Å². The van der Waals surface area contributed by atoms with Gasteiger partial charge >= 0.3 is 5.97 Å². The lowest BCUT2D eigenvalue weighted by molar-refractivity contribution is -0.143. The van der Waals surface area contributed by atoms with Crippen molar-refractivity contribution in [1.29, 1.82) is 0 Å². The van der Waals surface area contributed by atoms with Crippen molar-refractivity contribution in [2.24, 2.45) is 0 Å². The van der Waals surface area contributed by atoms with Gasteiger partial charge in [0.1, 0.15) is 0 Å². The van der Waals surface area contributed by atoms with Gasteiger partial charge in [-0.3, -0.25) is 14.7 Å². The van der Waals surface area contributed by atoms with E-state index in [1.54, 1.807) is 6.92 Å². The first-order valence-corrected chi connectivity index (χ1v) is 5.07. The fourth-order valence-corrected chi connectivity index (χ4v) is 1.42. The number of H-pyrrole nitrogens is 2. The van der Waals surface area contributed by atoms with Crippen molar-refractivity contribution < 1.29 is 9.53 Å². The van der Waals surface area contributed by atoms with E-state index in [0.29, 0.717) is 25.9 Å². The average molecular weight is 212 g/mol. The van der Waals surface area contributed by atoms with Gasteiger partial charge in [-0.05, 0) is 26.7 Å². The molecule has 84 valence electrons. The predicted molar refractivity (Wildman–Crippen MR) is 55.7 cm³/mol. The highest BCUT2D eigenvalue weighted by molar-refractivity contribution is 5.69. The van der Waals surface area contributed by atoms with E-state index in [9.17, 15) is 9.59 Å². The molecular weight excluding hydrogens is 196 g/mol. The molecule has 5 heteroatoms. The van der Waals surface area contributed by atoms with Crippen molar-refractivity contribution in [3.8, 4) is 0 Å². The summed E-state index contributed by atoms with van der Waals surface area (Å²) in [6.07, 6.45) is 1.60. The Morgan fingerprint density at radius 1 is 1.40 bits per heavy atom. The molecule has 0 atom stereocenters. The zero-order valence-corrected chi connectivity index (χ0v) is 9.05. The van der Waals surface area contributed by atoms with Crippen LogP contribution in [-0.4, -0.2) is 22.8 Å². The van der Waals surface area contributed by atoms with Crippen LogP contribution in [-0.2, 0) is 16.0 Å². The van der Waals surface area contributed by atoms with E-state index in [0.717, 1.165) is 11.3 Å². The van der Waals surface area contributed by atoms with Gasteiger partial charge in [0.15, 0.2) is 0 Å². The smallest absolute Gasteiger partial charge is 0.305 e. The Labute approximate surface area is 87.8 Å². The maximum Gasteiger partial charge on any atom is 0.305 e. The Kier molecular flexibility index (Phi) is 4.15. The van der Waals surface area contributed by atoms with Crippen molar-refractivity contribution >= 4 is 5.97 Å². The van der Waals surface area contributed by atoms with Gasteiger partial charge in [-0.1, -0.05) is 0 Å². The standard InChI is InChI=1S/C10H16N2O3/c1-3-15-9(13)6-4-5-8-7(2)11-12-10(8)14/h3-6H2,1-2H3,(H2,11,12,14). The van der Waals surface area contributed by atoms with Crippen LogP contribution < -0.4 is 5.56 Å². The van der Waals surface area contributed by atoms with Crippen molar-refractivity contribution in [2.45, 2.75) is 33.1 Å². The van der Waals surface area contributed by atoms with E-state index >= 15 is 0 Å². The lowest BCUT2D eigenvalue weighted by atomic mass is 10.1. The molecule has 5 nitrogen and oxygen atoms in total. The Bertz CT molecular complexity index is 378. The zero-order chi connectivity index (χ0) is 11.3. The minimum absolute atomic E-state index is 0.101. The third kappa shape index (κ3) is 3.27. The molecule has 0 saturated carbocycles. The fraction of sp³-hybridized carbons (Fsp3) is 0.600. The van der Waals surface area contributed by atoms with Gasteiger partial charge in [0.25, 0.3) is 5.56 Å².